The fraction of sp³-hybridized carbons (Fsp3) is 0.818. The van der Waals surface area contributed by atoms with E-state index in [0.29, 0.717) is 0 Å². The van der Waals surface area contributed by atoms with E-state index in [1.54, 1.807) is 0 Å². The van der Waals surface area contributed by atoms with Gasteiger partial charge in [-0.1, -0.05) is 6.42 Å². The zero-order valence-electron chi connectivity index (χ0n) is 8.05. The molecule has 1 aliphatic rings. The maximum Gasteiger partial charge on any atom is 0.00982 e. The Morgan fingerprint density at radius 1 is 1.50 bits per heavy atom. The zero-order valence-corrected chi connectivity index (χ0v) is 8.05. The molecule has 1 unspecified atom stereocenters. The van der Waals surface area contributed by atoms with Crippen LogP contribution in [0.2, 0.25) is 0 Å². The summed E-state index contributed by atoms with van der Waals surface area (Å²) in [6, 6.07) is 0.788. The molecule has 0 amide bonds. The third-order valence-electron chi connectivity index (χ3n) is 2.71. The van der Waals surface area contributed by atoms with E-state index in [0.717, 1.165) is 12.5 Å². The van der Waals surface area contributed by atoms with Gasteiger partial charge in [0.25, 0.3) is 0 Å². The Bertz CT molecular complexity index is 157. The van der Waals surface area contributed by atoms with Crippen LogP contribution in [0.25, 0.3) is 0 Å². The average molecular weight is 165 g/mol. The molecule has 1 nitrogen and oxygen atoms in total. The van der Waals surface area contributed by atoms with E-state index in [-0.39, 0.29) is 0 Å². The molecule has 1 fully saturated rings. The Morgan fingerprint density at radius 3 is 3.00 bits per heavy atom. The van der Waals surface area contributed by atoms with Crippen LogP contribution in [0.4, 0.5) is 0 Å². The van der Waals surface area contributed by atoms with Gasteiger partial charge in [-0.25, -0.2) is 0 Å². The number of hydrogen-bond donors (Lipinski definition) is 0. The summed E-state index contributed by atoms with van der Waals surface area (Å²) in [6.07, 6.45) is 11.5. The van der Waals surface area contributed by atoms with E-state index in [9.17, 15) is 0 Å². The van der Waals surface area contributed by atoms with Crippen molar-refractivity contribution in [2.75, 3.05) is 13.1 Å². The fourth-order valence-corrected chi connectivity index (χ4v) is 1.87. The second kappa shape index (κ2) is 5.22. The minimum Gasteiger partial charge on any atom is -0.301 e. The molecule has 0 aromatic heterocycles. The lowest BCUT2D eigenvalue weighted by atomic mass is 10.0. The molecule has 1 atom stereocenters. The molecule has 1 heterocycles. The highest BCUT2D eigenvalue weighted by atomic mass is 15.1. The van der Waals surface area contributed by atoms with Crippen molar-refractivity contribution in [3.63, 3.8) is 0 Å². The van der Waals surface area contributed by atoms with Gasteiger partial charge in [-0.2, -0.15) is 0 Å². The summed E-state index contributed by atoms with van der Waals surface area (Å²) in [6.45, 7) is 4.81. The van der Waals surface area contributed by atoms with E-state index in [1.165, 1.54) is 38.8 Å². The lowest BCUT2D eigenvalue weighted by molar-refractivity contribution is 0.160. The molecule has 0 saturated carbocycles. The summed E-state index contributed by atoms with van der Waals surface area (Å²) in [4.78, 5) is 2.57. The summed E-state index contributed by atoms with van der Waals surface area (Å²) >= 11 is 0. The molecule has 1 aliphatic heterocycles. The van der Waals surface area contributed by atoms with Gasteiger partial charge < -0.3 is 4.90 Å². The SMILES string of the molecule is C#CCCCN1CCCCC1C. The summed E-state index contributed by atoms with van der Waals surface area (Å²) in [7, 11) is 0. The van der Waals surface area contributed by atoms with Crippen LogP contribution in [0, 0.1) is 12.3 Å². The molecular formula is C11H19N. The molecule has 0 spiro atoms. The lowest BCUT2D eigenvalue weighted by Crippen LogP contribution is -2.37. The van der Waals surface area contributed by atoms with Crippen LogP contribution in [-0.2, 0) is 0 Å². The summed E-state index contributed by atoms with van der Waals surface area (Å²) in [5.74, 6) is 2.70. The first-order chi connectivity index (χ1) is 5.84. The number of likely N-dealkylation sites (tertiary alicyclic amines) is 1. The van der Waals surface area contributed by atoms with Crippen molar-refractivity contribution >= 4 is 0 Å². The first-order valence-corrected chi connectivity index (χ1v) is 5.02. The highest BCUT2D eigenvalue weighted by Gasteiger charge is 2.16. The van der Waals surface area contributed by atoms with Gasteiger partial charge in [-0.15, -0.1) is 12.3 Å². The molecule has 1 heteroatoms. The van der Waals surface area contributed by atoms with Gasteiger partial charge in [0.15, 0.2) is 0 Å². The van der Waals surface area contributed by atoms with Crippen molar-refractivity contribution in [2.24, 2.45) is 0 Å². The van der Waals surface area contributed by atoms with Gasteiger partial charge in [-0.05, 0) is 39.3 Å². The quantitative estimate of drug-likeness (QED) is 0.458. The summed E-state index contributed by atoms with van der Waals surface area (Å²) in [5.41, 5.74) is 0. The minimum atomic E-state index is 0.788. The number of nitrogens with zero attached hydrogens (tertiary/aromatic N) is 1. The Hall–Kier alpha value is -0.480. The first-order valence-electron chi connectivity index (χ1n) is 5.02. The predicted octanol–water partition coefficient (Wildman–Crippen LogP) is 2.27. The third-order valence-corrected chi connectivity index (χ3v) is 2.71. The number of hydrogen-bond acceptors (Lipinski definition) is 1. The van der Waals surface area contributed by atoms with Gasteiger partial charge in [0, 0.05) is 12.5 Å². The van der Waals surface area contributed by atoms with Gasteiger partial charge in [-0.3, -0.25) is 0 Å². The van der Waals surface area contributed by atoms with Crippen molar-refractivity contribution in [2.45, 2.75) is 45.1 Å². The van der Waals surface area contributed by atoms with Crippen LogP contribution in [-0.4, -0.2) is 24.0 Å². The van der Waals surface area contributed by atoms with Crippen LogP contribution in [0.1, 0.15) is 39.0 Å². The average Bonchev–Trinajstić information content (AvgIpc) is 2.09. The number of rotatable bonds is 3. The highest BCUT2D eigenvalue weighted by Crippen LogP contribution is 2.16. The Kier molecular flexibility index (Phi) is 4.18. The van der Waals surface area contributed by atoms with Crippen LogP contribution >= 0.6 is 0 Å². The van der Waals surface area contributed by atoms with Crippen LogP contribution in [0.15, 0.2) is 0 Å². The second-order valence-corrected chi connectivity index (χ2v) is 3.69. The molecule has 0 aromatic rings. The van der Waals surface area contributed by atoms with E-state index >= 15 is 0 Å². The Labute approximate surface area is 76.1 Å². The van der Waals surface area contributed by atoms with Gasteiger partial charge in [0.2, 0.25) is 0 Å². The summed E-state index contributed by atoms with van der Waals surface area (Å²) in [5, 5.41) is 0. The van der Waals surface area contributed by atoms with Crippen molar-refractivity contribution in [1.82, 2.24) is 4.90 Å². The predicted molar refractivity (Wildman–Crippen MR) is 53.0 cm³/mol. The Balaban J connectivity index is 2.16. The van der Waals surface area contributed by atoms with E-state index in [4.69, 9.17) is 6.42 Å². The first kappa shape index (κ1) is 9.61. The maximum absolute atomic E-state index is 5.21. The molecule has 0 bridgehead atoms. The topological polar surface area (TPSA) is 3.24 Å². The standard InChI is InChI=1S/C11H19N/c1-3-4-6-9-12-10-7-5-8-11(12)2/h1,11H,4-10H2,2H3. The van der Waals surface area contributed by atoms with Gasteiger partial charge in [0.05, 0.1) is 0 Å². The van der Waals surface area contributed by atoms with Crippen LogP contribution < -0.4 is 0 Å². The molecule has 1 saturated heterocycles. The second-order valence-electron chi connectivity index (χ2n) is 3.69. The van der Waals surface area contributed by atoms with Gasteiger partial charge in [0.1, 0.15) is 0 Å². The maximum atomic E-state index is 5.21. The highest BCUT2D eigenvalue weighted by molar-refractivity contribution is 4.84. The number of piperidine rings is 1. The molecule has 0 N–H and O–H groups in total. The normalized spacial score (nSPS) is 25.2. The smallest absolute Gasteiger partial charge is 0.00982 e. The van der Waals surface area contributed by atoms with Crippen molar-refractivity contribution < 1.29 is 0 Å². The number of terminal acetylenes is 1. The molecule has 12 heavy (non-hydrogen) atoms. The largest absolute Gasteiger partial charge is 0.301 e. The number of unbranched alkanes of at least 4 members (excludes halogenated alkanes) is 1. The minimum absolute atomic E-state index is 0.788. The molecule has 0 aliphatic carbocycles. The van der Waals surface area contributed by atoms with Crippen molar-refractivity contribution in [3.8, 4) is 12.3 Å². The molecule has 0 aromatic carbocycles. The summed E-state index contributed by atoms with van der Waals surface area (Å²) < 4.78 is 0. The molecule has 1 rings (SSSR count). The van der Waals surface area contributed by atoms with Crippen LogP contribution in [0.5, 0.6) is 0 Å². The van der Waals surface area contributed by atoms with Crippen LogP contribution in [0.3, 0.4) is 0 Å². The van der Waals surface area contributed by atoms with Crippen molar-refractivity contribution in [1.29, 1.82) is 0 Å². The Morgan fingerprint density at radius 2 is 2.33 bits per heavy atom. The molecule has 68 valence electrons. The third kappa shape index (κ3) is 2.87. The molecular weight excluding hydrogens is 146 g/mol. The monoisotopic (exact) mass is 165 g/mol. The van der Waals surface area contributed by atoms with Gasteiger partial charge >= 0.3 is 0 Å². The van der Waals surface area contributed by atoms with E-state index in [1.807, 2.05) is 0 Å². The van der Waals surface area contributed by atoms with E-state index in [2.05, 4.69) is 17.7 Å². The fourth-order valence-electron chi connectivity index (χ4n) is 1.87. The lowest BCUT2D eigenvalue weighted by Gasteiger charge is -2.33. The molecule has 0 radical (unpaired) electrons. The van der Waals surface area contributed by atoms with E-state index < -0.39 is 0 Å². The van der Waals surface area contributed by atoms with Crippen molar-refractivity contribution in [3.05, 3.63) is 0 Å². The zero-order chi connectivity index (χ0) is 8.81.